The minimum Gasteiger partial charge on any atom is -0.294 e. The molecule has 0 aliphatic heterocycles. The van der Waals surface area contributed by atoms with E-state index < -0.39 is 0 Å². The highest BCUT2D eigenvalue weighted by atomic mass is 16.1. The maximum atomic E-state index is 12.1. The molecule has 0 fully saturated rings. The van der Waals surface area contributed by atoms with Crippen LogP contribution in [-0.2, 0) is 4.79 Å². The van der Waals surface area contributed by atoms with Crippen LogP contribution in [0.1, 0.15) is 55.1 Å². The van der Waals surface area contributed by atoms with E-state index in [1.54, 1.807) is 13.0 Å². The zero-order chi connectivity index (χ0) is 14.3. The quantitative estimate of drug-likeness (QED) is 0.817. The van der Waals surface area contributed by atoms with Gasteiger partial charge in [-0.2, -0.15) is 0 Å². The molecular formula is C16H16O3. The van der Waals surface area contributed by atoms with Crippen LogP contribution >= 0.6 is 0 Å². The minimum atomic E-state index is -0.219. The maximum absolute atomic E-state index is 12.1. The van der Waals surface area contributed by atoms with E-state index in [0.29, 0.717) is 22.3 Å². The van der Waals surface area contributed by atoms with Crippen molar-refractivity contribution in [2.24, 2.45) is 0 Å². The molecule has 0 atom stereocenters. The van der Waals surface area contributed by atoms with E-state index in [1.165, 1.54) is 19.1 Å². The van der Waals surface area contributed by atoms with Crippen LogP contribution in [0.15, 0.2) is 28.6 Å². The molecule has 19 heavy (non-hydrogen) atoms. The Morgan fingerprint density at radius 2 is 1.68 bits per heavy atom. The molecule has 0 radical (unpaired) electrons. The molecule has 1 aromatic rings. The average Bonchev–Trinajstić information content (AvgIpc) is 2.47. The van der Waals surface area contributed by atoms with Crippen LogP contribution in [0.3, 0.4) is 0 Å². The third-order valence-corrected chi connectivity index (χ3v) is 3.44. The van der Waals surface area contributed by atoms with Crippen LogP contribution in [0.2, 0.25) is 0 Å². The van der Waals surface area contributed by atoms with E-state index in [-0.39, 0.29) is 22.9 Å². The third-order valence-electron chi connectivity index (χ3n) is 3.44. The highest BCUT2D eigenvalue weighted by Gasteiger charge is 2.29. The monoisotopic (exact) mass is 256 g/mol. The molecule has 0 saturated carbocycles. The number of Topliss-reactive ketones (excluding diaryl/α,β-unsaturated/α-hetero) is 2. The minimum absolute atomic E-state index is 0.141. The highest BCUT2D eigenvalue weighted by molar-refractivity contribution is 6.34. The Morgan fingerprint density at radius 3 is 2.21 bits per heavy atom. The number of fused-ring (bicyclic) bond motifs is 1. The summed E-state index contributed by atoms with van der Waals surface area (Å²) in [5.74, 6) is -0.199. The fourth-order valence-corrected chi connectivity index (χ4v) is 2.41. The molecular weight excluding hydrogens is 240 g/mol. The number of allylic oxidation sites excluding steroid dienone is 2. The summed E-state index contributed by atoms with van der Waals surface area (Å²) in [4.78, 5) is 35.7. The fraction of sp³-hybridized carbons (Fsp3) is 0.312. The van der Waals surface area contributed by atoms with Gasteiger partial charge in [-0.15, -0.1) is 0 Å². The lowest BCUT2D eigenvalue weighted by atomic mass is 9.99. The van der Waals surface area contributed by atoms with E-state index in [0.717, 1.165) is 5.56 Å². The second-order valence-corrected chi connectivity index (χ2v) is 5.20. The molecule has 98 valence electrons. The standard InChI is InChI=1S/C16H16O3/c1-8(2)11-5-12(18)7-14-13(6-11)15(10(4)17)9(3)16(14)19/h5-8H,1-4H3. The molecule has 0 amide bonds. The second kappa shape index (κ2) is 4.57. The van der Waals surface area contributed by atoms with Crippen molar-refractivity contribution in [3.05, 3.63) is 50.7 Å². The van der Waals surface area contributed by atoms with Crippen molar-refractivity contribution in [3.63, 3.8) is 0 Å². The van der Waals surface area contributed by atoms with Crippen LogP contribution in [0.5, 0.6) is 0 Å². The first kappa shape index (κ1) is 13.4. The predicted octanol–water partition coefficient (Wildman–Crippen LogP) is 2.73. The molecule has 2 rings (SSSR count). The van der Waals surface area contributed by atoms with E-state index in [1.807, 2.05) is 13.8 Å². The summed E-state index contributed by atoms with van der Waals surface area (Å²) >= 11 is 0. The average molecular weight is 256 g/mol. The Labute approximate surface area is 112 Å². The predicted molar refractivity (Wildman–Crippen MR) is 74.4 cm³/mol. The number of hydrogen-bond acceptors (Lipinski definition) is 3. The molecule has 1 aliphatic rings. The molecule has 3 nitrogen and oxygen atoms in total. The molecule has 3 heteroatoms. The summed E-state index contributed by atoms with van der Waals surface area (Å²) in [5.41, 5.74) is 2.46. The number of rotatable bonds is 2. The van der Waals surface area contributed by atoms with E-state index in [9.17, 15) is 14.4 Å². The summed E-state index contributed by atoms with van der Waals surface area (Å²) in [6, 6.07) is 4.67. The first-order valence-electron chi connectivity index (χ1n) is 6.29. The summed E-state index contributed by atoms with van der Waals surface area (Å²) in [6.07, 6.45) is 0. The number of hydrogen-bond donors (Lipinski definition) is 0. The topological polar surface area (TPSA) is 51.2 Å². The van der Waals surface area contributed by atoms with Crippen LogP contribution in [0.4, 0.5) is 0 Å². The van der Waals surface area contributed by atoms with Crippen LogP contribution in [-0.4, -0.2) is 11.6 Å². The van der Waals surface area contributed by atoms with Gasteiger partial charge in [-0.3, -0.25) is 14.4 Å². The van der Waals surface area contributed by atoms with Gasteiger partial charge >= 0.3 is 0 Å². The van der Waals surface area contributed by atoms with Gasteiger partial charge in [-0.1, -0.05) is 13.8 Å². The van der Waals surface area contributed by atoms with Gasteiger partial charge in [-0.25, -0.2) is 0 Å². The summed E-state index contributed by atoms with van der Waals surface area (Å²) in [5, 5.41) is 0. The molecule has 0 heterocycles. The van der Waals surface area contributed by atoms with Crippen LogP contribution in [0, 0.1) is 0 Å². The van der Waals surface area contributed by atoms with Gasteiger partial charge in [0.15, 0.2) is 17.0 Å². The summed E-state index contributed by atoms with van der Waals surface area (Å²) in [6.45, 7) is 7.03. The first-order chi connectivity index (χ1) is 8.82. The largest absolute Gasteiger partial charge is 0.294 e. The Kier molecular flexibility index (Phi) is 3.23. The second-order valence-electron chi connectivity index (χ2n) is 5.20. The number of carbonyl (C=O) groups excluding carboxylic acids is 2. The Balaban J connectivity index is 2.86. The van der Waals surface area contributed by atoms with Gasteiger partial charge < -0.3 is 0 Å². The smallest absolute Gasteiger partial charge is 0.190 e. The van der Waals surface area contributed by atoms with Crippen molar-refractivity contribution in [1.29, 1.82) is 0 Å². The maximum Gasteiger partial charge on any atom is 0.190 e. The third kappa shape index (κ3) is 2.16. The van der Waals surface area contributed by atoms with Gasteiger partial charge in [0.2, 0.25) is 0 Å². The lowest BCUT2D eigenvalue weighted by Crippen LogP contribution is -2.01. The SMILES string of the molecule is CC(=O)C1=C(C)C(=O)c2cc(=O)cc(C(C)C)cc21. The van der Waals surface area contributed by atoms with E-state index in [2.05, 4.69) is 0 Å². The lowest BCUT2D eigenvalue weighted by molar-refractivity contribution is -0.111. The molecule has 0 aromatic heterocycles. The van der Waals surface area contributed by atoms with Gasteiger partial charge in [0.25, 0.3) is 0 Å². The van der Waals surface area contributed by atoms with Crippen molar-refractivity contribution < 1.29 is 9.59 Å². The number of ketones is 2. The van der Waals surface area contributed by atoms with Crippen molar-refractivity contribution >= 4 is 17.1 Å². The molecule has 0 bridgehead atoms. The van der Waals surface area contributed by atoms with Gasteiger partial charge in [0.05, 0.1) is 0 Å². The summed E-state index contributed by atoms with van der Waals surface area (Å²) in [7, 11) is 0. The molecule has 0 unspecified atom stereocenters. The molecule has 0 spiro atoms. The molecule has 1 aliphatic carbocycles. The molecule has 1 aromatic carbocycles. The van der Waals surface area contributed by atoms with Gasteiger partial charge in [0, 0.05) is 16.7 Å². The van der Waals surface area contributed by atoms with E-state index >= 15 is 0 Å². The Hall–Kier alpha value is -2.03. The van der Waals surface area contributed by atoms with Crippen molar-refractivity contribution in [2.75, 3.05) is 0 Å². The number of carbonyl (C=O) groups is 2. The Morgan fingerprint density at radius 1 is 1.05 bits per heavy atom. The normalized spacial score (nSPS) is 14.1. The van der Waals surface area contributed by atoms with Crippen molar-refractivity contribution in [1.82, 2.24) is 0 Å². The summed E-state index contributed by atoms with van der Waals surface area (Å²) < 4.78 is 0. The molecule has 0 N–H and O–H groups in total. The zero-order valence-electron chi connectivity index (χ0n) is 11.5. The Bertz CT molecular complexity index is 679. The van der Waals surface area contributed by atoms with E-state index in [4.69, 9.17) is 0 Å². The van der Waals surface area contributed by atoms with Crippen molar-refractivity contribution in [3.8, 4) is 0 Å². The van der Waals surface area contributed by atoms with Crippen LogP contribution < -0.4 is 5.43 Å². The first-order valence-corrected chi connectivity index (χ1v) is 6.29. The van der Waals surface area contributed by atoms with Gasteiger partial charge in [-0.05, 0) is 49.1 Å². The van der Waals surface area contributed by atoms with Crippen LogP contribution in [0.25, 0.3) is 5.57 Å². The zero-order valence-corrected chi connectivity index (χ0v) is 11.5. The highest BCUT2D eigenvalue weighted by Crippen LogP contribution is 2.33. The van der Waals surface area contributed by atoms with Crippen molar-refractivity contribution in [2.45, 2.75) is 33.6 Å². The van der Waals surface area contributed by atoms with Gasteiger partial charge in [0.1, 0.15) is 0 Å². The fourth-order valence-electron chi connectivity index (χ4n) is 2.41. The lowest BCUT2D eigenvalue weighted by Gasteiger charge is -2.04. The molecule has 0 saturated heterocycles.